The molecule has 1 fully saturated rings. The van der Waals surface area contributed by atoms with Gasteiger partial charge in [-0.2, -0.15) is 4.31 Å². The highest BCUT2D eigenvalue weighted by molar-refractivity contribution is 14.0. The van der Waals surface area contributed by atoms with E-state index in [4.69, 9.17) is 4.52 Å². The highest BCUT2D eigenvalue weighted by Gasteiger charge is 2.29. The molecule has 10 heteroatoms. The number of rotatable bonds is 5. The van der Waals surface area contributed by atoms with Gasteiger partial charge in [0.1, 0.15) is 12.0 Å². The van der Waals surface area contributed by atoms with Gasteiger partial charge in [0.05, 0.1) is 5.69 Å². The number of nitrogens with zero attached hydrogens (tertiary/aromatic N) is 4. The summed E-state index contributed by atoms with van der Waals surface area (Å²) in [7, 11) is -1.65. The van der Waals surface area contributed by atoms with Gasteiger partial charge in [-0.15, -0.1) is 24.0 Å². The monoisotopic (exact) mass is 575 g/mol. The summed E-state index contributed by atoms with van der Waals surface area (Å²) >= 11 is 0. The molecule has 1 N–H and O–H groups in total. The molecule has 3 rings (SSSR count). The van der Waals surface area contributed by atoms with E-state index in [9.17, 15) is 8.42 Å². The molecule has 2 aromatic rings. The van der Waals surface area contributed by atoms with E-state index in [1.807, 2.05) is 0 Å². The number of aromatic nitrogens is 1. The van der Waals surface area contributed by atoms with E-state index >= 15 is 0 Å². The Hall–Kier alpha value is -1.66. The third-order valence-electron chi connectivity index (χ3n) is 6.54. The van der Waals surface area contributed by atoms with Crippen LogP contribution in [0.2, 0.25) is 0 Å². The number of sulfonamides is 1. The van der Waals surface area contributed by atoms with Gasteiger partial charge in [-0.05, 0) is 68.0 Å². The molecule has 8 nitrogen and oxygen atoms in total. The number of hydrogen-bond acceptors (Lipinski definition) is 5. The lowest BCUT2D eigenvalue weighted by Gasteiger charge is -2.36. The van der Waals surface area contributed by atoms with Gasteiger partial charge in [-0.3, -0.25) is 4.99 Å². The van der Waals surface area contributed by atoms with Crippen LogP contribution < -0.4 is 5.32 Å². The lowest BCUT2D eigenvalue weighted by atomic mass is 9.89. The standard InChI is InChI=1S/C22H33N5O3S.HI/c1-15-16(2)18(4)21(19(5)17(15)3)13-24-22(23-6)26-8-10-27(11-9-26)31(28,29)14-20-7-12-30-25-20;/h7,12H,8-11,13-14H2,1-6H3,(H,23,24);1H. The average Bonchev–Trinajstić information content (AvgIpc) is 3.26. The third-order valence-corrected chi connectivity index (χ3v) is 8.36. The number of hydrogen-bond donors (Lipinski definition) is 1. The number of halogens is 1. The molecule has 0 radical (unpaired) electrons. The predicted molar refractivity (Wildman–Crippen MR) is 138 cm³/mol. The van der Waals surface area contributed by atoms with E-state index < -0.39 is 10.0 Å². The molecule has 0 unspecified atom stereocenters. The minimum absolute atomic E-state index is 0. The van der Waals surface area contributed by atoms with Crippen molar-refractivity contribution in [3.05, 3.63) is 51.4 Å². The predicted octanol–water partition coefficient (Wildman–Crippen LogP) is 3.06. The summed E-state index contributed by atoms with van der Waals surface area (Å²) in [6.07, 6.45) is 1.39. The Morgan fingerprint density at radius 1 is 1.03 bits per heavy atom. The van der Waals surface area contributed by atoms with Crippen LogP contribution in [0.3, 0.4) is 0 Å². The molecule has 0 aliphatic carbocycles. The number of guanidine groups is 1. The van der Waals surface area contributed by atoms with Crippen LogP contribution in [0.1, 0.15) is 39.1 Å². The molecular weight excluding hydrogens is 541 g/mol. The van der Waals surface area contributed by atoms with Crippen molar-refractivity contribution in [2.24, 2.45) is 4.99 Å². The van der Waals surface area contributed by atoms with E-state index in [2.05, 4.69) is 55.0 Å². The van der Waals surface area contributed by atoms with E-state index in [0.717, 1.165) is 5.96 Å². The van der Waals surface area contributed by atoms with Gasteiger partial charge < -0.3 is 14.7 Å². The maximum absolute atomic E-state index is 12.7. The van der Waals surface area contributed by atoms with E-state index in [-0.39, 0.29) is 29.7 Å². The Kier molecular flexibility index (Phi) is 9.12. The Balaban J connectivity index is 0.00000363. The minimum atomic E-state index is -3.42. The highest BCUT2D eigenvalue weighted by Crippen LogP contribution is 2.26. The van der Waals surface area contributed by atoms with Crippen molar-refractivity contribution in [3.8, 4) is 0 Å². The summed E-state index contributed by atoms with van der Waals surface area (Å²) in [6, 6.07) is 1.58. The number of piperazine rings is 1. The molecule has 0 atom stereocenters. The second-order valence-corrected chi connectivity index (χ2v) is 10.1. The van der Waals surface area contributed by atoms with Gasteiger partial charge in [0.25, 0.3) is 0 Å². The van der Waals surface area contributed by atoms with Crippen LogP contribution in [-0.4, -0.2) is 62.0 Å². The first-order valence-electron chi connectivity index (χ1n) is 10.5. The van der Waals surface area contributed by atoms with Crippen molar-refractivity contribution in [1.29, 1.82) is 0 Å². The lowest BCUT2D eigenvalue weighted by Crippen LogP contribution is -2.53. The minimum Gasteiger partial charge on any atom is -0.364 e. The Morgan fingerprint density at radius 3 is 2.09 bits per heavy atom. The average molecular weight is 576 g/mol. The van der Waals surface area contributed by atoms with Crippen LogP contribution in [0.15, 0.2) is 21.8 Å². The van der Waals surface area contributed by atoms with Crippen LogP contribution in [0.25, 0.3) is 0 Å². The maximum Gasteiger partial charge on any atom is 0.220 e. The fourth-order valence-electron chi connectivity index (χ4n) is 4.11. The Labute approximate surface area is 208 Å². The summed E-state index contributed by atoms with van der Waals surface area (Å²) < 4.78 is 31.6. The Morgan fingerprint density at radius 2 is 1.59 bits per heavy atom. The van der Waals surface area contributed by atoms with Crippen LogP contribution in [0, 0.1) is 34.6 Å². The quantitative estimate of drug-likeness (QED) is 0.335. The second-order valence-electron chi connectivity index (χ2n) is 8.14. The van der Waals surface area contributed by atoms with Crippen molar-refractivity contribution >= 4 is 40.0 Å². The summed E-state index contributed by atoms with van der Waals surface area (Å²) in [6.45, 7) is 13.6. The van der Waals surface area contributed by atoms with Crippen LogP contribution in [0.5, 0.6) is 0 Å². The Bertz CT molecular complexity index is 1030. The van der Waals surface area contributed by atoms with E-state index in [0.29, 0.717) is 38.4 Å². The smallest absolute Gasteiger partial charge is 0.220 e. The van der Waals surface area contributed by atoms with Crippen molar-refractivity contribution in [2.75, 3.05) is 33.2 Å². The third kappa shape index (κ3) is 5.63. The summed E-state index contributed by atoms with van der Waals surface area (Å²) in [5, 5.41) is 7.20. The molecule has 178 valence electrons. The van der Waals surface area contributed by atoms with Gasteiger partial charge in [0.15, 0.2) is 5.96 Å². The van der Waals surface area contributed by atoms with Gasteiger partial charge in [0, 0.05) is 45.8 Å². The molecule has 32 heavy (non-hydrogen) atoms. The highest BCUT2D eigenvalue weighted by atomic mass is 127. The summed E-state index contributed by atoms with van der Waals surface area (Å²) in [5.41, 5.74) is 8.37. The SMILES string of the molecule is CN=C(NCc1c(C)c(C)c(C)c(C)c1C)N1CCN(S(=O)(=O)Cc2ccon2)CC1.I. The van der Waals surface area contributed by atoms with Gasteiger partial charge in [0.2, 0.25) is 10.0 Å². The topological polar surface area (TPSA) is 91.0 Å². The zero-order valence-electron chi connectivity index (χ0n) is 19.7. The van der Waals surface area contributed by atoms with Gasteiger partial charge in [-0.1, -0.05) is 5.16 Å². The molecule has 1 saturated heterocycles. The van der Waals surface area contributed by atoms with Crippen molar-refractivity contribution in [2.45, 2.75) is 46.9 Å². The van der Waals surface area contributed by atoms with Crippen LogP contribution in [-0.2, 0) is 22.3 Å². The van der Waals surface area contributed by atoms with Gasteiger partial charge >= 0.3 is 0 Å². The summed E-state index contributed by atoms with van der Waals surface area (Å²) in [4.78, 5) is 6.55. The normalized spacial score (nSPS) is 15.6. The second kappa shape index (κ2) is 11.0. The zero-order valence-corrected chi connectivity index (χ0v) is 22.9. The van der Waals surface area contributed by atoms with Crippen LogP contribution >= 0.6 is 24.0 Å². The zero-order chi connectivity index (χ0) is 22.8. The molecule has 0 bridgehead atoms. The maximum atomic E-state index is 12.7. The largest absolute Gasteiger partial charge is 0.364 e. The van der Waals surface area contributed by atoms with Crippen molar-refractivity contribution in [3.63, 3.8) is 0 Å². The van der Waals surface area contributed by atoms with Crippen molar-refractivity contribution < 1.29 is 12.9 Å². The number of benzene rings is 1. The fourth-order valence-corrected chi connectivity index (χ4v) is 5.54. The first-order valence-corrected chi connectivity index (χ1v) is 12.1. The summed E-state index contributed by atoms with van der Waals surface area (Å²) in [5.74, 6) is 0.657. The number of nitrogens with one attached hydrogen (secondary N) is 1. The molecule has 0 spiro atoms. The van der Waals surface area contributed by atoms with E-state index in [1.165, 1.54) is 43.9 Å². The first-order chi connectivity index (χ1) is 14.7. The molecule has 0 amide bonds. The number of aliphatic imine (C=N–C) groups is 1. The molecule has 1 aliphatic heterocycles. The molecular formula is C22H34IN5O3S. The molecule has 0 saturated carbocycles. The first kappa shape index (κ1) is 26.6. The van der Waals surface area contributed by atoms with E-state index in [1.54, 1.807) is 13.1 Å². The molecule has 1 aromatic carbocycles. The van der Waals surface area contributed by atoms with Crippen LogP contribution in [0.4, 0.5) is 0 Å². The van der Waals surface area contributed by atoms with Crippen molar-refractivity contribution in [1.82, 2.24) is 19.7 Å². The molecule has 2 heterocycles. The molecule has 1 aromatic heterocycles. The van der Waals surface area contributed by atoms with Gasteiger partial charge in [-0.25, -0.2) is 8.42 Å². The molecule has 1 aliphatic rings. The fraction of sp³-hybridized carbons (Fsp3) is 0.545. The lowest BCUT2D eigenvalue weighted by molar-refractivity contribution is 0.259.